The van der Waals surface area contributed by atoms with Crippen LogP contribution in [0.15, 0.2) is 59.5 Å². The second-order valence-electron chi connectivity index (χ2n) is 8.16. The Bertz CT molecular complexity index is 1200. The molecule has 0 aliphatic rings. The van der Waals surface area contributed by atoms with E-state index in [-0.39, 0.29) is 11.7 Å². The molecule has 1 atom stereocenters. The van der Waals surface area contributed by atoms with E-state index >= 15 is 0 Å². The lowest BCUT2D eigenvalue weighted by molar-refractivity contribution is 0.437. The van der Waals surface area contributed by atoms with Crippen molar-refractivity contribution >= 4 is 10.1 Å². The fraction of sp³-hybridized carbons (Fsp3) is 0.308. The molecule has 0 bridgehead atoms. The number of phenolic OH excluding ortho intramolecular Hbond substituents is 2. The molecule has 3 aromatic rings. The van der Waals surface area contributed by atoms with E-state index in [9.17, 15) is 23.2 Å². The molecule has 0 aromatic heterocycles. The normalized spacial score (nSPS) is 12.6. The molecular weight excluding hydrogens is 424 g/mol. The van der Waals surface area contributed by atoms with E-state index in [1.54, 1.807) is 6.07 Å². The van der Waals surface area contributed by atoms with Gasteiger partial charge in [0, 0.05) is 11.5 Å². The summed E-state index contributed by atoms with van der Waals surface area (Å²) in [6.07, 6.45) is 2.67. The Morgan fingerprint density at radius 1 is 0.812 bits per heavy atom. The summed E-state index contributed by atoms with van der Waals surface area (Å²) >= 11 is 0. The number of hydrogen-bond donors (Lipinski definition) is 3. The summed E-state index contributed by atoms with van der Waals surface area (Å²) in [6, 6.07) is 16.6. The highest BCUT2D eigenvalue weighted by Gasteiger charge is 2.22. The van der Waals surface area contributed by atoms with E-state index in [0.717, 1.165) is 28.7 Å². The molecule has 5 nitrogen and oxygen atoms in total. The van der Waals surface area contributed by atoms with Crippen LogP contribution < -0.4 is 0 Å². The van der Waals surface area contributed by atoms with Crippen molar-refractivity contribution in [3.8, 4) is 22.6 Å². The van der Waals surface area contributed by atoms with Gasteiger partial charge >= 0.3 is 0 Å². The molecule has 0 heterocycles. The van der Waals surface area contributed by atoms with Crippen LogP contribution in [0.5, 0.6) is 11.5 Å². The molecule has 0 saturated carbocycles. The molecule has 0 aliphatic heterocycles. The maximum Gasteiger partial charge on any atom is 0.298 e. The van der Waals surface area contributed by atoms with Crippen molar-refractivity contribution in [2.45, 2.75) is 57.3 Å². The maximum absolute atomic E-state index is 11.9. The number of rotatable bonds is 8. The molecule has 0 fully saturated rings. The third-order valence-corrected chi connectivity index (χ3v) is 6.66. The molecule has 0 spiro atoms. The highest BCUT2D eigenvalue weighted by molar-refractivity contribution is 7.86. The van der Waals surface area contributed by atoms with Crippen molar-refractivity contribution < 1.29 is 23.2 Å². The average Bonchev–Trinajstić information content (AvgIpc) is 2.76. The van der Waals surface area contributed by atoms with Gasteiger partial charge in [-0.1, -0.05) is 63.9 Å². The molecule has 32 heavy (non-hydrogen) atoms. The number of benzene rings is 3. The summed E-state index contributed by atoms with van der Waals surface area (Å²) in [7, 11) is -4.60. The second kappa shape index (κ2) is 9.76. The Hall–Kier alpha value is -2.83. The zero-order chi connectivity index (χ0) is 23.5. The molecule has 0 radical (unpaired) electrons. The van der Waals surface area contributed by atoms with Crippen molar-refractivity contribution in [2.75, 3.05) is 0 Å². The van der Waals surface area contributed by atoms with E-state index in [4.69, 9.17) is 0 Å². The lowest BCUT2D eigenvalue weighted by Crippen LogP contribution is -2.03. The van der Waals surface area contributed by atoms with E-state index in [1.165, 1.54) is 6.07 Å². The summed E-state index contributed by atoms with van der Waals surface area (Å²) in [5.74, 6) is -0.252. The van der Waals surface area contributed by atoms with E-state index < -0.39 is 20.8 Å². The van der Waals surface area contributed by atoms with Crippen molar-refractivity contribution in [3.63, 3.8) is 0 Å². The lowest BCUT2D eigenvalue weighted by Gasteiger charge is -2.19. The van der Waals surface area contributed by atoms with Crippen molar-refractivity contribution in [1.82, 2.24) is 0 Å². The van der Waals surface area contributed by atoms with Crippen molar-refractivity contribution in [1.29, 1.82) is 0 Å². The smallest absolute Gasteiger partial charge is 0.298 e. The maximum atomic E-state index is 11.9. The second-order valence-corrected chi connectivity index (χ2v) is 9.55. The lowest BCUT2D eigenvalue weighted by atomic mass is 9.87. The summed E-state index contributed by atoms with van der Waals surface area (Å²) < 4.78 is 33.5. The Kier molecular flexibility index (Phi) is 7.26. The van der Waals surface area contributed by atoms with Gasteiger partial charge < -0.3 is 10.2 Å². The Morgan fingerprint density at radius 2 is 1.34 bits per heavy atom. The Morgan fingerprint density at radius 3 is 1.88 bits per heavy atom. The zero-order valence-corrected chi connectivity index (χ0v) is 19.5. The number of aromatic hydroxyl groups is 2. The molecule has 6 heteroatoms. The first kappa shape index (κ1) is 23.8. The first-order chi connectivity index (χ1) is 15.2. The van der Waals surface area contributed by atoms with Gasteiger partial charge in [0.15, 0.2) is 0 Å². The molecule has 0 aliphatic carbocycles. The summed E-state index contributed by atoms with van der Waals surface area (Å²) in [4.78, 5) is -0.499. The molecular formula is C26H30O5S. The first-order valence-electron chi connectivity index (χ1n) is 10.9. The largest absolute Gasteiger partial charge is 0.507 e. The standard InChI is InChI=1S/C26H30O5S/c1-4-9-19-13-21(15-23(25(19)27)17(3)18-11-7-6-8-12-18)22-14-20(10-5-2)26(28)24(16-22)32(29,30)31/h6-8,11-17,27-28H,4-5,9-10H2,1-3H3,(H,29,30,31). The summed E-state index contributed by atoms with van der Waals surface area (Å²) in [6.45, 7) is 5.98. The van der Waals surface area contributed by atoms with E-state index in [1.807, 2.05) is 63.2 Å². The fourth-order valence-electron chi connectivity index (χ4n) is 4.09. The van der Waals surface area contributed by atoms with Crippen LogP contribution in [0, 0.1) is 0 Å². The molecule has 3 N–H and O–H groups in total. The van der Waals surface area contributed by atoms with Gasteiger partial charge in [-0.05, 0) is 64.9 Å². The minimum atomic E-state index is -4.60. The van der Waals surface area contributed by atoms with E-state index in [2.05, 4.69) is 0 Å². The average molecular weight is 455 g/mol. The SMILES string of the molecule is CCCc1cc(-c2cc(CCC)c(O)c(S(=O)(=O)O)c2)cc(C(C)c2ccccc2)c1O. The quantitative estimate of drug-likeness (QED) is 0.359. The predicted octanol–water partition coefficient (Wildman–Crippen LogP) is 6.07. The van der Waals surface area contributed by atoms with Gasteiger partial charge in [-0.15, -0.1) is 0 Å². The van der Waals surface area contributed by atoms with Crippen molar-refractivity contribution in [3.05, 3.63) is 76.9 Å². The van der Waals surface area contributed by atoms with Gasteiger partial charge in [-0.2, -0.15) is 8.42 Å². The number of aryl methyl sites for hydroxylation is 2. The zero-order valence-electron chi connectivity index (χ0n) is 18.7. The Balaban J connectivity index is 2.26. The predicted molar refractivity (Wildman–Crippen MR) is 127 cm³/mol. The van der Waals surface area contributed by atoms with Crippen LogP contribution in [-0.2, 0) is 23.0 Å². The molecule has 0 amide bonds. The number of hydrogen-bond acceptors (Lipinski definition) is 4. The van der Waals surface area contributed by atoms with Gasteiger partial charge in [0.05, 0.1) is 0 Å². The molecule has 3 aromatic carbocycles. The van der Waals surface area contributed by atoms with Gasteiger partial charge in [0.25, 0.3) is 10.1 Å². The topological polar surface area (TPSA) is 94.8 Å². The van der Waals surface area contributed by atoms with Crippen LogP contribution in [0.1, 0.15) is 61.8 Å². The third-order valence-electron chi connectivity index (χ3n) is 5.79. The van der Waals surface area contributed by atoms with Crippen molar-refractivity contribution in [2.24, 2.45) is 0 Å². The van der Waals surface area contributed by atoms with E-state index in [0.29, 0.717) is 30.4 Å². The molecule has 1 unspecified atom stereocenters. The summed E-state index contributed by atoms with van der Waals surface area (Å²) in [5, 5.41) is 21.4. The van der Waals surface area contributed by atoms with Crippen LogP contribution >= 0.6 is 0 Å². The van der Waals surface area contributed by atoms with Gasteiger partial charge in [-0.3, -0.25) is 4.55 Å². The fourth-order valence-corrected chi connectivity index (χ4v) is 4.74. The molecule has 170 valence electrons. The van der Waals surface area contributed by atoms with Gasteiger partial charge in [0.1, 0.15) is 16.4 Å². The molecule has 3 rings (SSSR count). The summed E-state index contributed by atoms with van der Waals surface area (Å²) in [5.41, 5.74) is 4.33. The van der Waals surface area contributed by atoms with Gasteiger partial charge in [-0.25, -0.2) is 0 Å². The minimum absolute atomic E-state index is 0.0833. The van der Waals surface area contributed by atoms with Gasteiger partial charge in [0.2, 0.25) is 0 Å². The third kappa shape index (κ3) is 4.97. The van der Waals surface area contributed by atoms with Crippen LogP contribution in [0.2, 0.25) is 0 Å². The highest BCUT2D eigenvalue weighted by Crippen LogP contribution is 2.40. The first-order valence-corrected chi connectivity index (χ1v) is 12.4. The Labute approximate surface area is 190 Å². The monoisotopic (exact) mass is 454 g/mol. The van der Waals surface area contributed by atoms with Crippen LogP contribution in [0.25, 0.3) is 11.1 Å². The molecule has 0 saturated heterocycles. The van der Waals surface area contributed by atoms with Crippen LogP contribution in [0.3, 0.4) is 0 Å². The van der Waals surface area contributed by atoms with Crippen LogP contribution in [-0.4, -0.2) is 23.2 Å². The highest BCUT2D eigenvalue weighted by atomic mass is 32.2. The number of phenols is 2. The van der Waals surface area contributed by atoms with Crippen LogP contribution in [0.4, 0.5) is 0 Å². The minimum Gasteiger partial charge on any atom is -0.507 e.